The van der Waals surface area contributed by atoms with E-state index in [1.807, 2.05) is 6.08 Å². The van der Waals surface area contributed by atoms with Gasteiger partial charge in [-0.1, -0.05) is 28.7 Å². The molecule has 1 nitrogen and oxygen atoms in total. The minimum Gasteiger partial charge on any atom is -0.377 e. The predicted molar refractivity (Wildman–Crippen MR) is 51.6 cm³/mol. The molecule has 0 spiro atoms. The first-order chi connectivity index (χ1) is 4.83. The zero-order chi connectivity index (χ0) is 7.40. The lowest BCUT2D eigenvalue weighted by atomic mass is 10.1. The molecule has 58 valence electrons. The van der Waals surface area contributed by atoms with Crippen LogP contribution in [0.1, 0.15) is 19.3 Å². The van der Waals surface area contributed by atoms with Crippen molar-refractivity contribution < 1.29 is 4.74 Å². The van der Waals surface area contributed by atoms with Gasteiger partial charge in [-0.3, -0.25) is 0 Å². The number of rotatable bonds is 2. The van der Waals surface area contributed by atoms with Gasteiger partial charge in [-0.2, -0.15) is 0 Å². The maximum Gasteiger partial charge on any atom is 0.0610 e. The van der Waals surface area contributed by atoms with Crippen molar-refractivity contribution in [3.63, 3.8) is 0 Å². The van der Waals surface area contributed by atoms with Gasteiger partial charge in [-0.05, 0) is 19.3 Å². The lowest BCUT2D eigenvalue weighted by molar-refractivity contribution is 0.0249. The van der Waals surface area contributed by atoms with Crippen LogP contribution >= 0.6 is 22.6 Å². The summed E-state index contributed by atoms with van der Waals surface area (Å²) in [7, 11) is 0. The normalized spacial score (nSPS) is 33.7. The molecule has 0 bridgehead atoms. The van der Waals surface area contributed by atoms with Crippen molar-refractivity contribution in [2.45, 2.75) is 29.3 Å². The van der Waals surface area contributed by atoms with E-state index in [-0.39, 0.29) is 0 Å². The van der Waals surface area contributed by atoms with Crippen LogP contribution in [0.5, 0.6) is 0 Å². The Morgan fingerprint density at radius 3 is 2.90 bits per heavy atom. The fraction of sp³-hybridized carbons (Fsp3) is 0.750. The Bertz CT molecular complexity index is 106. The summed E-state index contributed by atoms with van der Waals surface area (Å²) in [6.07, 6.45) is 5.93. The van der Waals surface area contributed by atoms with E-state index < -0.39 is 0 Å². The highest BCUT2D eigenvalue weighted by atomic mass is 127. The minimum atomic E-state index is 0.462. The molecule has 0 amide bonds. The first-order valence-corrected chi connectivity index (χ1v) is 4.94. The van der Waals surface area contributed by atoms with Crippen LogP contribution in [0.25, 0.3) is 0 Å². The minimum absolute atomic E-state index is 0.462. The van der Waals surface area contributed by atoms with E-state index in [9.17, 15) is 0 Å². The average molecular weight is 252 g/mol. The molecule has 1 aliphatic heterocycles. The molecule has 1 rings (SSSR count). The van der Waals surface area contributed by atoms with Gasteiger partial charge in [-0.15, -0.1) is 6.58 Å². The van der Waals surface area contributed by atoms with Crippen molar-refractivity contribution in [2.24, 2.45) is 0 Å². The maximum absolute atomic E-state index is 5.55. The van der Waals surface area contributed by atoms with Gasteiger partial charge in [0.25, 0.3) is 0 Å². The van der Waals surface area contributed by atoms with E-state index in [1.165, 1.54) is 12.8 Å². The molecule has 0 aliphatic carbocycles. The fourth-order valence-electron chi connectivity index (χ4n) is 1.15. The van der Waals surface area contributed by atoms with Crippen LogP contribution in [0.3, 0.4) is 0 Å². The molecule has 0 aromatic heterocycles. The summed E-state index contributed by atoms with van der Waals surface area (Å²) in [5.41, 5.74) is 0. The standard InChI is InChI=1S/C8H13IO/c1-2-3-8-5-4-7(9)6-10-8/h2,7-8H,1,3-6H2/t7-,8+/m0/s1. The van der Waals surface area contributed by atoms with Gasteiger partial charge in [0.05, 0.1) is 12.7 Å². The van der Waals surface area contributed by atoms with Crippen molar-refractivity contribution in [3.05, 3.63) is 12.7 Å². The third kappa shape index (κ3) is 2.58. The molecule has 0 radical (unpaired) electrons. The Balaban J connectivity index is 2.19. The van der Waals surface area contributed by atoms with Gasteiger partial charge < -0.3 is 4.74 Å². The fourth-order valence-corrected chi connectivity index (χ4v) is 1.71. The van der Waals surface area contributed by atoms with E-state index in [4.69, 9.17) is 4.74 Å². The Morgan fingerprint density at radius 2 is 2.40 bits per heavy atom. The number of halogens is 1. The molecule has 0 saturated carbocycles. The summed E-state index contributed by atoms with van der Waals surface area (Å²) in [5, 5.41) is 0. The van der Waals surface area contributed by atoms with Crippen LogP contribution in [0.15, 0.2) is 12.7 Å². The molecule has 0 unspecified atom stereocenters. The van der Waals surface area contributed by atoms with Gasteiger partial charge >= 0.3 is 0 Å². The summed E-state index contributed by atoms with van der Waals surface area (Å²) in [6, 6.07) is 0. The maximum atomic E-state index is 5.55. The molecular formula is C8H13IO. The van der Waals surface area contributed by atoms with Gasteiger partial charge in [0.1, 0.15) is 0 Å². The summed E-state index contributed by atoms with van der Waals surface area (Å²) in [6.45, 7) is 4.62. The highest BCUT2D eigenvalue weighted by molar-refractivity contribution is 14.1. The van der Waals surface area contributed by atoms with Crippen molar-refractivity contribution in [3.8, 4) is 0 Å². The van der Waals surface area contributed by atoms with Gasteiger partial charge in [0.15, 0.2) is 0 Å². The third-order valence-electron chi connectivity index (χ3n) is 1.74. The zero-order valence-corrected chi connectivity index (χ0v) is 8.21. The van der Waals surface area contributed by atoms with E-state index in [2.05, 4.69) is 29.2 Å². The molecule has 0 N–H and O–H groups in total. The number of hydrogen-bond acceptors (Lipinski definition) is 1. The van der Waals surface area contributed by atoms with Crippen molar-refractivity contribution in [1.82, 2.24) is 0 Å². The Morgan fingerprint density at radius 1 is 1.60 bits per heavy atom. The van der Waals surface area contributed by atoms with E-state index >= 15 is 0 Å². The lowest BCUT2D eigenvalue weighted by Gasteiger charge is -2.24. The number of hydrogen-bond donors (Lipinski definition) is 0. The van der Waals surface area contributed by atoms with Gasteiger partial charge in [0, 0.05) is 3.92 Å². The molecule has 0 aromatic carbocycles. The van der Waals surface area contributed by atoms with E-state index in [1.54, 1.807) is 0 Å². The second-order valence-electron chi connectivity index (χ2n) is 2.65. The van der Waals surface area contributed by atoms with Gasteiger partial charge in [-0.25, -0.2) is 0 Å². The molecule has 1 fully saturated rings. The van der Waals surface area contributed by atoms with Crippen LogP contribution in [0.4, 0.5) is 0 Å². The lowest BCUT2D eigenvalue weighted by Crippen LogP contribution is -2.25. The molecular weight excluding hydrogens is 239 g/mol. The summed E-state index contributed by atoms with van der Waals surface area (Å²) < 4.78 is 6.29. The van der Waals surface area contributed by atoms with E-state index in [0.717, 1.165) is 17.0 Å². The van der Waals surface area contributed by atoms with Crippen LogP contribution in [0, 0.1) is 0 Å². The summed E-state index contributed by atoms with van der Waals surface area (Å²) in [4.78, 5) is 0. The number of alkyl halides is 1. The first-order valence-electron chi connectivity index (χ1n) is 3.69. The Labute approximate surface area is 76.0 Å². The third-order valence-corrected chi connectivity index (χ3v) is 2.73. The molecule has 1 aliphatic rings. The highest BCUT2D eigenvalue weighted by Gasteiger charge is 2.17. The molecule has 0 aromatic rings. The quantitative estimate of drug-likeness (QED) is 0.417. The monoisotopic (exact) mass is 252 g/mol. The first kappa shape index (κ1) is 8.53. The van der Waals surface area contributed by atoms with Crippen molar-refractivity contribution in [1.29, 1.82) is 0 Å². The molecule has 10 heavy (non-hydrogen) atoms. The Kier molecular flexibility index (Phi) is 3.70. The van der Waals surface area contributed by atoms with E-state index in [0.29, 0.717) is 6.10 Å². The van der Waals surface area contributed by atoms with Crippen LogP contribution < -0.4 is 0 Å². The second-order valence-corrected chi connectivity index (χ2v) is 4.42. The van der Waals surface area contributed by atoms with Crippen LogP contribution in [-0.2, 0) is 4.74 Å². The molecule has 2 heteroatoms. The molecule has 1 saturated heterocycles. The van der Waals surface area contributed by atoms with Crippen molar-refractivity contribution in [2.75, 3.05) is 6.61 Å². The number of ether oxygens (including phenoxy) is 1. The summed E-state index contributed by atoms with van der Waals surface area (Å²) >= 11 is 2.44. The van der Waals surface area contributed by atoms with Crippen LogP contribution in [-0.4, -0.2) is 16.6 Å². The topological polar surface area (TPSA) is 9.23 Å². The van der Waals surface area contributed by atoms with Gasteiger partial charge in [0.2, 0.25) is 0 Å². The van der Waals surface area contributed by atoms with Crippen molar-refractivity contribution >= 4 is 22.6 Å². The molecule has 1 heterocycles. The Hall–Kier alpha value is 0.430. The summed E-state index contributed by atoms with van der Waals surface area (Å²) in [5.74, 6) is 0. The second kappa shape index (κ2) is 4.34. The zero-order valence-electron chi connectivity index (χ0n) is 6.05. The van der Waals surface area contributed by atoms with Crippen LogP contribution in [0.2, 0.25) is 0 Å². The SMILES string of the molecule is C=CC[C@@H]1CC[C@H](I)CO1. The average Bonchev–Trinajstić information content (AvgIpc) is 1.95. The predicted octanol–water partition coefficient (Wildman–Crippen LogP) is 2.55. The largest absolute Gasteiger partial charge is 0.377 e. The molecule has 2 atom stereocenters. The highest BCUT2D eigenvalue weighted by Crippen LogP contribution is 2.21. The smallest absolute Gasteiger partial charge is 0.0610 e.